The third-order valence-corrected chi connectivity index (χ3v) is 6.96. The van der Waals surface area contributed by atoms with Crippen molar-refractivity contribution in [3.05, 3.63) is 71.8 Å². The van der Waals surface area contributed by atoms with Crippen molar-refractivity contribution in [3.8, 4) is 0 Å². The Balaban J connectivity index is 1.31. The average Bonchev–Trinajstić information content (AvgIpc) is 3.03. The largest absolute Gasteiger partial charge is 0.332 e. The molecule has 4 rings (SSSR count). The summed E-state index contributed by atoms with van der Waals surface area (Å²) in [4.78, 5) is 16.8. The molecule has 0 bridgehead atoms. The molecule has 1 heterocycles. The minimum absolute atomic E-state index is 0.270. The van der Waals surface area contributed by atoms with Crippen molar-refractivity contribution < 1.29 is 4.79 Å². The fraction of sp³-hybridized carbons (Fsp3) is 0.400. The molecule has 2 aromatic carbocycles. The van der Waals surface area contributed by atoms with Gasteiger partial charge in [0, 0.05) is 17.0 Å². The van der Waals surface area contributed by atoms with Crippen molar-refractivity contribution in [2.24, 2.45) is 0 Å². The second-order valence-corrected chi connectivity index (χ2v) is 8.92. The normalized spacial score (nSPS) is 19.2. The third kappa shape index (κ3) is 4.35. The summed E-state index contributed by atoms with van der Waals surface area (Å²) in [6, 6.07) is 21.3. The summed E-state index contributed by atoms with van der Waals surface area (Å²) in [5.74, 6) is 1.42. The molecule has 28 heavy (non-hydrogen) atoms. The topological polar surface area (TPSA) is 20.3 Å². The zero-order valence-electron chi connectivity index (χ0n) is 16.5. The van der Waals surface area contributed by atoms with E-state index in [9.17, 15) is 4.79 Å². The van der Waals surface area contributed by atoms with Crippen LogP contribution in [-0.2, 0) is 4.79 Å². The van der Waals surface area contributed by atoms with E-state index < -0.39 is 0 Å². The summed E-state index contributed by atoms with van der Waals surface area (Å²) < 4.78 is 0. The van der Waals surface area contributed by atoms with Gasteiger partial charge >= 0.3 is 0 Å². The molecule has 1 atom stereocenters. The summed E-state index contributed by atoms with van der Waals surface area (Å²) in [7, 11) is 0. The lowest BCUT2D eigenvalue weighted by molar-refractivity contribution is -0.125. The molecule has 1 unspecified atom stereocenters. The molecular formula is C25H29NOS. The van der Waals surface area contributed by atoms with Gasteiger partial charge in [0.15, 0.2) is 0 Å². The standard InChI is InChI=1S/C25H29NOS/c27-25-24(20-12-4-1-5-13-20)22-16-8-9-17-23(22)26(25)18-10-3-11-19-28-21-14-6-2-7-15-21/h1-2,4-7,12-15,23H,3,8-11,16-19H2. The molecule has 2 aliphatic rings. The van der Waals surface area contributed by atoms with Crippen LogP contribution in [-0.4, -0.2) is 29.1 Å². The molecule has 0 aromatic heterocycles. The Hall–Kier alpha value is -2.00. The van der Waals surface area contributed by atoms with Gasteiger partial charge in [0.1, 0.15) is 0 Å². The highest BCUT2D eigenvalue weighted by Crippen LogP contribution is 2.40. The fourth-order valence-corrected chi connectivity index (χ4v) is 5.42. The van der Waals surface area contributed by atoms with Crippen molar-refractivity contribution >= 4 is 23.2 Å². The molecule has 0 spiro atoms. The number of amides is 1. The van der Waals surface area contributed by atoms with Crippen LogP contribution in [0.25, 0.3) is 5.57 Å². The van der Waals surface area contributed by atoms with E-state index >= 15 is 0 Å². The first kappa shape index (κ1) is 19.3. The van der Waals surface area contributed by atoms with Gasteiger partial charge in [-0.15, -0.1) is 11.8 Å². The molecule has 1 aliphatic carbocycles. The highest BCUT2D eigenvalue weighted by Gasteiger charge is 2.39. The first-order valence-electron chi connectivity index (χ1n) is 10.6. The van der Waals surface area contributed by atoms with Gasteiger partial charge in [-0.1, -0.05) is 61.4 Å². The van der Waals surface area contributed by atoms with Gasteiger partial charge in [-0.2, -0.15) is 0 Å². The minimum atomic E-state index is 0.270. The molecular weight excluding hydrogens is 362 g/mol. The summed E-state index contributed by atoms with van der Waals surface area (Å²) >= 11 is 1.93. The van der Waals surface area contributed by atoms with Crippen LogP contribution < -0.4 is 0 Å². The van der Waals surface area contributed by atoms with Gasteiger partial charge in [0.25, 0.3) is 5.91 Å². The van der Waals surface area contributed by atoms with Gasteiger partial charge < -0.3 is 4.90 Å². The minimum Gasteiger partial charge on any atom is -0.332 e. The van der Waals surface area contributed by atoms with E-state index in [2.05, 4.69) is 47.4 Å². The van der Waals surface area contributed by atoms with E-state index in [1.54, 1.807) is 0 Å². The number of carbonyl (C=O) groups excluding carboxylic acids is 1. The monoisotopic (exact) mass is 391 g/mol. The van der Waals surface area contributed by atoms with E-state index in [0.29, 0.717) is 6.04 Å². The predicted molar refractivity (Wildman–Crippen MR) is 118 cm³/mol. The maximum absolute atomic E-state index is 13.2. The highest BCUT2D eigenvalue weighted by molar-refractivity contribution is 7.99. The van der Waals surface area contributed by atoms with Crippen LogP contribution >= 0.6 is 11.8 Å². The Morgan fingerprint density at radius 2 is 1.64 bits per heavy atom. The molecule has 146 valence electrons. The Labute approximate surface area is 173 Å². The third-order valence-electron chi connectivity index (χ3n) is 5.87. The van der Waals surface area contributed by atoms with E-state index in [1.807, 2.05) is 30.0 Å². The molecule has 1 saturated carbocycles. The number of nitrogens with zero attached hydrogens (tertiary/aromatic N) is 1. The summed E-state index contributed by atoms with van der Waals surface area (Å²) in [6.07, 6.45) is 8.19. The Morgan fingerprint density at radius 3 is 2.43 bits per heavy atom. The Morgan fingerprint density at radius 1 is 0.893 bits per heavy atom. The van der Waals surface area contributed by atoms with Crippen LogP contribution in [0.15, 0.2) is 71.1 Å². The van der Waals surface area contributed by atoms with E-state index in [4.69, 9.17) is 0 Å². The van der Waals surface area contributed by atoms with Crippen molar-refractivity contribution in [2.45, 2.75) is 55.9 Å². The summed E-state index contributed by atoms with van der Waals surface area (Å²) in [5, 5.41) is 0. The van der Waals surface area contributed by atoms with Crippen LogP contribution in [0.4, 0.5) is 0 Å². The summed E-state index contributed by atoms with van der Waals surface area (Å²) in [5.41, 5.74) is 3.52. The van der Waals surface area contributed by atoms with Gasteiger partial charge in [0.2, 0.25) is 0 Å². The fourth-order valence-electron chi connectivity index (χ4n) is 4.49. The lowest BCUT2D eigenvalue weighted by Gasteiger charge is -2.30. The van der Waals surface area contributed by atoms with Crippen molar-refractivity contribution in [1.29, 1.82) is 0 Å². The van der Waals surface area contributed by atoms with Gasteiger partial charge in [0.05, 0.1) is 6.04 Å². The molecule has 0 radical (unpaired) electrons. The smallest absolute Gasteiger partial charge is 0.254 e. The van der Waals surface area contributed by atoms with E-state index in [0.717, 1.165) is 42.7 Å². The molecule has 1 fully saturated rings. The molecule has 1 aliphatic heterocycles. The van der Waals surface area contributed by atoms with Crippen LogP contribution in [0.2, 0.25) is 0 Å². The maximum Gasteiger partial charge on any atom is 0.254 e. The van der Waals surface area contributed by atoms with Crippen LogP contribution in [0.5, 0.6) is 0 Å². The van der Waals surface area contributed by atoms with Crippen LogP contribution in [0, 0.1) is 0 Å². The Kier molecular flexibility index (Phi) is 6.53. The van der Waals surface area contributed by atoms with E-state index in [-0.39, 0.29) is 5.91 Å². The number of fused-ring (bicyclic) bond motifs is 1. The second-order valence-electron chi connectivity index (χ2n) is 7.75. The van der Waals surface area contributed by atoms with Crippen molar-refractivity contribution in [2.75, 3.05) is 12.3 Å². The average molecular weight is 392 g/mol. The van der Waals surface area contributed by atoms with Crippen LogP contribution in [0.3, 0.4) is 0 Å². The van der Waals surface area contributed by atoms with Gasteiger partial charge in [-0.05, 0) is 61.1 Å². The number of rotatable bonds is 8. The molecule has 1 amide bonds. The van der Waals surface area contributed by atoms with Gasteiger partial charge in [-0.3, -0.25) is 4.79 Å². The zero-order valence-corrected chi connectivity index (χ0v) is 17.3. The molecule has 0 saturated heterocycles. The number of carbonyl (C=O) groups is 1. The second kappa shape index (κ2) is 9.47. The number of benzene rings is 2. The first-order valence-corrected chi connectivity index (χ1v) is 11.6. The lowest BCUT2D eigenvalue weighted by atomic mass is 9.87. The number of thioether (sulfide) groups is 1. The SMILES string of the molecule is O=C1C(c2ccccc2)=C2CCCCC2N1CCCCCSc1ccccc1. The van der Waals surface area contributed by atoms with Crippen LogP contribution in [0.1, 0.15) is 50.5 Å². The molecule has 0 N–H and O–H groups in total. The lowest BCUT2D eigenvalue weighted by Crippen LogP contribution is -2.37. The quantitative estimate of drug-likeness (QED) is 0.395. The Bertz CT molecular complexity index is 815. The number of hydrogen-bond acceptors (Lipinski definition) is 2. The highest BCUT2D eigenvalue weighted by atomic mass is 32.2. The van der Waals surface area contributed by atoms with E-state index in [1.165, 1.54) is 36.2 Å². The number of hydrogen-bond donors (Lipinski definition) is 0. The van der Waals surface area contributed by atoms with Crippen molar-refractivity contribution in [3.63, 3.8) is 0 Å². The van der Waals surface area contributed by atoms with Gasteiger partial charge in [-0.25, -0.2) is 0 Å². The summed E-state index contributed by atoms with van der Waals surface area (Å²) in [6.45, 7) is 0.902. The zero-order chi connectivity index (χ0) is 19.2. The molecule has 2 nitrogen and oxygen atoms in total. The number of unbranched alkanes of at least 4 members (excludes halogenated alkanes) is 2. The molecule has 2 aromatic rings. The first-order chi connectivity index (χ1) is 13.8. The maximum atomic E-state index is 13.2. The predicted octanol–water partition coefficient (Wildman–Crippen LogP) is 6.19. The van der Waals surface area contributed by atoms with Crippen molar-refractivity contribution in [1.82, 2.24) is 4.90 Å². The molecule has 3 heteroatoms.